The van der Waals surface area contributed by atoms with Gasteiger partial charge in [0, 0.05) is 50.1 Å². The molecule has 180 valence electrons. The Kier molecular flexibility index (Phi) is 7.14. The fourth-order valence-electron chi connectivity index (χ4n) is 5.08. The summed E-state index contributed by atoms with van der Waals surface area (Å²) in [5.74, 6) is 2.54. The number of hydrogen-bond donors (Lipinski definition) is 0. The zero-order valence-electron chi connectivity index (χ0n) is 21.1. The molecule has 33 heavy (non-hydrogen) atoms. The van der Waals surface area contributed by atoms with E-state index in [-0.39, 0.29) is 0 Å². The van der Waals surface area contributed by atoms with E-state index in [1.807, 2.05) is 10.9 Å². The summed E-state index contributed by atoms with van der Waals surface area (Å²) in [6.07, 6.45) is 9.04. The average molecular weight is 469 g/mol. The van der Waals surface area contributed by atoms with Gasteiger partial charge in [-0.05, 0) is 62.6 Å². The van der Waals surface area contributed by atoms with Gasteiger partial charge in [0.05, 0.1) is 11.4 Å². The van der Waals surface area contributed by atoms with E-state index >= 15 is 0 Å². The maximum atomic E-state index is 5.04. The topological polar surface area (TPSA) is 50.1 Å². The van der Waals surface area contributed by atoms with Gasteiger partial charge in [-0.25, -0.2) is 9.67 Å². The fourth-order valence-corrected chi connectivity index (χ4v) is 5.42. The number of anilines is 1. The van der Waals surface area contributed by atoms with Crippen molar-refractivity contribution in [2.24, 2.45) is 0 Å². The summed E-state index contributed by atoms with van der Waals surface area (Å²) in [6, 6.07) is 4.84. The first-order valence-corrected chi connectivity index (χ1v) is 13.1. The minimum atomic E-state index is 0.374. The molecule has 1 saturated heterocycles. The Labute approximate surface area is 202 Å². The summed E-state index contributed by atoms with van der Waals surface area (Å²) in [7, 11) is 5.27. The predicted octanol–water partition coefficient (Wildman–Crippen LogP) is 5.51. The molecule has 1 aliphatic carbocycles. The largest absolute Gasteiger partial charge is 0.375 e. The van der Waals surface area contributed by atoms with Gasteiger partial charge in [-0.3, -0.25) is 0 Å². The Morgan fingerprint density at radius 1 is 1.18 bits per heavy atom. The first-order chi connectivity index (χ1) is 15.6. The molecule has 1 aliphatic heterocycles. The maximum Gasteiger partial charge on any atom is 0.252 e. The Morgan fingerprint density at radius 2 is 1.85 bits per heavy atom. The van der Waals surface area contributed by atoms with Crippen molar-refractivity contribution in [2.45, 2.75) is 89.3 Å². The predicted molar refractivity (Wildman–Crippen MR) is 140 cm³/mol. The van der Waals surface area contributed by atoms with Gasteiger partial charge >= 0.3 is 0 Å². The minimum Gasteiger partial charge on any atom is -0.375 e. The molecule has 1 unspecified atom stereocenters. The van der Waals surface area contributed by atoms with Gasteiger partial charge in [0.25, 0.3) is 5.95 Å². The van der Waals surface area contributed by atoms with Crippen LogP contribution in [-0.4, -0.2) is 56.0 Å². The summed E-state index contributed by atoms with van der Waals surface area (Å²) < 4.78 is 1.86. The Morgan fingerprint density at radius 3 is 2.42 bits per heavy atom. The number of rotatable bonds is 6. The van der Waals surface area contributed by atoms with Crippen LogP contribution in [0.3, 0.4) is 0 Å². The molecule has 0 aromatic carbocycles. The Hall–Kier alpha value is -1.94. The molecule has 0 amide bonds. The highest BCUT2D eigenvalue weighted by atomic mass is 31.0. The highest BCUT2D eigenvalue weighted by Gasteiger charge is 2.30. The van der Waals surface area contributed by atoms with E-state index in [1.165, 1.54) is 25.7 Å². The third kappa shape index (κ3) is 5.59. The molecule has 0 bridgehead atoms. The molecule has 1 atom stereocenters. The van der Waals surface area contributed by atoms with Gasteiger partial charge in [-0.15, -0.1) is 9.24 Å². The van der Waals surface area contributed by atoms with Crippen LogP contribution in [-0.2, 0) is 0 Å². The van der Waals surface area contributed by atoms with E-state index in [1.54, 1.807) is 0 Å². The molecular weight excluding hydrogens is 427 g/mol. The highest BCUT2D eigenvalue weighted by molar-refractivity contribution is 7.18. The van der Waals surface area contributed by atoms with Crippen molar-refractivity contribution in [1.29, 1.82) is 0 Å². The van der Waals surface area contributed by atoms with E-state index in [0.29, 0.717) is 29.0 Å². The number of likely N-dealkylation sites (tertiary alicyclic amines) is 1. The van der Waals surface area contributed by atoms with Gasteiger partial charge in [-0.2, -0.15) is 10.1 Å². The van der Waals surface area contributed by atoms with E-state index in [0.717, 1.165) is 48.8 Å². The molecule has 2 aliphatic rings. The molecule has 0 radical (unpaired) electrons. The molecule has 4 rings (SSSR count). The van der Waals surface area contributed by atoms with E-state index in [9.17, 15) is 0 Å². The second-order valence-electron chi connectivity index (χ2n) is 10.8. The zero-order valence-corrected chi connectivity index (χ0v) is 22.2. The first-order valence-electron chi connectivity index (χ1n) is 12.5. The summed E-state index contributed by atoms with van der Waals surface area (Å²) in [5.41, 5.74) is 3.38. The summed E-state index contributed by atoms with van der Waals surface area (Å²) in [4.78, 5) is 14.8. The third-order valence-corrected chi connectivity index (χ3v) is 8.16. The van der Waals surface area contributed by atoms with Crippen LogP contribution in [0.4, 0.5) is 5.82 Å². The lowest BCUT2D eigenvalue weighted by Gasteiger charge is -2.39. The fraction of sp³-hybridized carbons (Fsp3) is 0.654. The molecule has 0 spiro atoms. The number of hydrogen-bond acceptors (Lipinski definition) is 5. The van der Waals surface area contributed by atoms with Crippen LogP contribution in [0.15, 0.2) is 30.6 Å². The smallest absolute Gasteiger partial charge is 0.252 e. The van der Waals surface area contributed by atoms with Crippen LogP contribution in [0.5, 0.6) is 0 Å². The van der Waals surface area contributed by atoms with E-state index in [4.69, 9.17) is 15.1 Å². The van der Waals surface area contributed by atoms with Gasteiger partial charge < -0.3 is 9.80 Å². The highest BCUT2D eigenvalue weighted by Crippen LogP contribution is 2.38. The van der Waals surface area contributed by atoms with Crippen molar-refractivity contribution >= 4 is 15.1 Å². The SMILES string of the molecule is C=C(C)N1CCC(c2cc(N(C)C3CCC(C)(P)CC3)nc(-n3ccc(C(C)C)n3)n2)CC1. The van der Waals surface area contributed by atoms with E-state index < -0.39 is 0 Å². The van der Waals surface area contributed by atoms with Crippen LogP contribution < -0.4 is 4.90 Å². The van der Waals surface area contributed by atoms with Crippen LogP contribution in [0, 0.1) is 0 Å². The Bertz CT molecular complexity index is 963. The Balaban J connectivity index is 1.64. The van der Waals surface area contributed by atoms with E-state index in [2.05, 4.69) is 72.5 Å². The van der Waals surface area contributed by atoms with Crippen LogP contribution >= 0.6 is 9.24 Å². The number of aromatic nitrogens is 4. The third-order valence-electron chi connectivity index (χ3n) is 7.59. The summed E-state index contributed by atoms with van der Waals surface area (Å²) in [5, 5.41) is 5.16. The van der Waals surface area contributed by atoms with Gasteiger partial charge in [0.15, 0.2) is 0 Å². The molecule has 1 saturated carbocycles. The zero-order chi connectivity index (χ0) is 23.8. The van der Waals surface area contributed by atoms with Crippen molar-refractivity contribution in [3.05, 3.63) is 42.0 Å². The van der Waals surface area contributed by atoms with Crippen LogP contribution in [0.25, 0.3) is 5.95 Å². The first kappa shape index (κ1) is 24.2. The molecular formula is C26H41N6P. The quantitative estimate of drug-likeness (QED) is 0.523. The number of piperidine rings is 1. The van der Waals surface area contributed by atoms with Crippen molar-refractivity contribution in [1.82, 2.24) is 24.6 Å². The van der Waals surface area contributed by atoms with Crippen molar-refractivity contribution in [3.63, 3.8) is 0 Å². The van der Waals surface area contributed by atoms with Crippen molar-refractivity contribution in [2.75, 3.05) is 25.0 Å². The molecule has 7 heteroatoms. The number of allylic oxidation sites excluding steroid dienone is 1. The molecule has 2 aromatic heterocycles. The number of nitrogens with zero attached hydrogens (tertiary/aromatic N) is 6. The van der Waals surface area contributed by atoms with Crippen LogP contribution in [0.2, 0.25) is 0 Å². The van der Waals surface area contributed by atoms with Gasteiger partial charge in [-0.1, -0.05) is 27.4 Å². The molecule has 3 heterocycles. The minimum absolute atomic E-state index is 0.374. The standard InChI is InChI=1S/C26H41N6P/c1-18(2)22-11-16-32(29-22)25-27-23(20-9-14-31(15-10-20)19(3)4)17-24(28-25)30(6)21-7-12-26(5,33)13-8-21/h11,16-18,20-21H,3,7-10,12-15,33H2,1-2,4-6H3. The second-order valence-corrected chi connectivity index (χ2v) is 12.2. The lowest BCUT2D eigenvalue weighted by molar-refractivity contribution is 0.262. The molecule has 0 N–H and O–H groups in total. The van der Waals surface area contributed by atoms with Crippen LogP contribution in [0.1, 0.15) is 89.4 Å². The van der Waals surface area contributed by atoms with Crippen molar-refractivity contribution in [3.8, 4) is 5.95 Å². The summed E-state index contributed by atoms with van der Waals surface area (Å²) >= 11 is 0. The lowest BCUT2D eigenvalue weighted by Crippen LogP contribution is -2.39. The van der Waals surface area contributed by atoms with Crippen molar-refractivity contribution < 1.29 is 0 Å². The normalized spacial score (nSPS) is 24.3. The van der Waals surface area contributed by atoms with Gasteiger partial charge in [0.1, 0.15) is 5.82 Å². The maximum absolute atomic E-state index is 5.04. The second kappa shape index (κ2) is 9.74. The molecule has 2 fully saturated rings. The lowest BCUT2D eigenvalue weighted by atomic mass is 9.85. The monoisotopic (exact) mass is 468 g/mol. The average Bonchev–Trinajstić information content (AvgIpc) is 3.29. The molecule has 2 aromatic rings. The summed E-state index contributed by atoms with van der Waals surface area (Å²) in [6.45, 7) is 15.0. The van der Waals surface area contributed by atoms with Gasteiger partial charge in [0.2, 0.25) is 0 Å². The molecule has 6 nitrogen and oxygen atoms in total.